The van der Waals surface area contributed by atoms with Gasteiger partial charge in [0.05, 0.1) is 0 Å². The molecule has 2 nitrogen and oxygen atoms in total. The molecule has 3 aromatic rings. The number of hydrogen-bond acceptors (Lipinski definition) is 2. The van der Waals surface area contributed by atoms with E-state index in [1.807, 2.05) is 36.4 Å². The van der Waals surface area contributed by atoms with Crippen molar-refractivity contribution in [1.29, 1.82) is 0 Å². The topological polar surface area (TPSA) is 21.3 Å². The van der Waals surface area contributed by atoms with Crippen molar-refractivity contribution in [2.45, 2.75) is 20.1 Å². The number of benzene rings is 3. The Morgan fingerprint density at radius 2 is 1.84 bits per heavy atom. The van der Waals surface area contributed by atoms with Crippen molar-refractivity contribution < 1.29 is 4.74 Å². The third-order valence-corrected chi connectivity index (χ3v) is 4.54. The molecule has 0 unspecified atom stereocenters. The van der Waals surface area contributed by atoms with Gasteiger partial charge >= 0.3 is 0 Å². The monoisotopic (exact) mass is 415 g/mol. The molecule has 0 aliphatic carbocycles. The first-order valence-corrected chi connectivity index (χ1v) is 9.23. The van der Waals surface area contributed by atoms with Crippen LogP contribution in [-0.2, 0) is 13.2 Å². The van der Waals surface area contributed by atoms with Crippen molar-refractivity contribution >= 4 is 33.2 Å². The number of ether oxygens (including phenoxy) is 1. The van der Waals surface area contributed by atoms with E-state index in [2.05, 4.69) is 58.5 Å². The number of nitrogens with one attached hydrogen (secondary N) is 1. The van der Waals surface area contributed by atoms with Crippen LogP contribution in [0.4, 0.5) is 5.69 Å². The third-order valence-electron chi connectivity index (χ3n) is 3.81. The molecule has 3 rings (SSSR count). The van der Waals surface area contributed by atoms with Crippen LogP contribution in [0, 0.1) is 6.92 Å². The summed E-state index contributed by atoms with van der Waals surface area (Å²) in [7, 11) is 0. The quantitative estimate of drug-likeness (QED) is 0.488. The van der Waals surface area contributed by atoms with Gasteiger partial charge in [0.25, 0.3) is 0 Å². The van der Waals surface area contributed by atoms with Gasteiger partial charge in [0.1, 0.15) is 12.4 Å². The van der Waals surface area contributed by atoms with E-state index in [-0.39, 0.29) is 0 Å². The molecule has 0 saturated heterocycles. The van der Waals surface area contributed by atoms with E-state index in [0.29, 0.717) is 13.2 Å². The van der Waals surface area contributed by atoms with E-state index >= 15 is 0 Å². The summed E-state index contributed by atoms with van der Waals surface area (Å²) in [5.41, 5.74) is 4.48. The van der Waals surface area contributed by atoms with Gasteiger partial charge in [0.15, 0.2) is 0 Å². The molecule has 0 bridgehead atoms. The molecular formula is C21H19BrClNO. The summed E-state index contributed by atoms with van der Waals surface area (Å²) in [6.07, 6.45) is 0. The van der Waals surface area contributed by atoms with Gasteiger partial charge in [0, 0.05) is 27.3 Å². The van der Waals surface area contributed by atoms with Crippen LogP contribution < -0.4 is 10.1 Å². The number of rotatable bonds is 6. The fourth-order valence-electron chi connectivity index (χ4n) is 2.57. The zero-order chi connectivity index (χ0) is 17.6. The van der Waals surface area contributed by atoms with E-state index in [1.165, 1.54) is 5.56 Å². The summed E-state index contributed by atoms with van der Waals surface area (Å²) in [5, 5.41) is 4.18. The van der Waals surface area contributed by atoms with E-state index in [9.17, 15) is 0 Å². The Morgan fingerprint density at radius 3 is 2.64 bits per heavy atom. The maximum absolute atomic E-state index is 6.04. The minimum absolute atomic E-state index is 0.486. The summed E-state index contributed by atoms with van der Waals surface area (Å²) in [5.74, 6) is 0.864. The molecule has 0 aliphatic heterocycles. The van der Waals surface area contributed by atoms with Crippen molar-refractivity contribution in [3.05, 3.63) is 92.9 Å². The third kappa shape index (κ3) is 5.25. The summed E-state index contributed by atoms with van der Waals surface area (Å²) in [6, 6.07) is 22.1. The summed E-state index contributed by atoms with van der Waals surface area (Å²) in [4.78, 5) is 0. The van der Waals surface area contributed by atoms with E-state index in [4.69, 9.17) is 16.3 Å². The standard InChI is InChI=1S/C21H19BrClNO/c1-15-4-2-7-20(10-15)24-13-17-12-18(22)8-9-21(17)25-14-16-5-3-6-19(23)11-16/h2-12,24H,13-14H2,1H3. The Hall–Kier alpha value is -1.97. The molecule has 1 N–H and O–H groups in total. The highest BCUT2D eigenvalue weighted by Crippen LogP contribution is 2.25. The predicted molar refractivity (Wildman–Crippen MR) is 108 cm³/mol. The maximum atomic E-state index is 6.04. The molecule has 0 amide bonds. The average Bonchev–Trinajstić information content (AvgIpc) is 2.59. The van der Waals surface area contributed by atoms with Crippen LogP contribution in [0.3, 0.4) is 0 Å². The minimum atomic E-state index is 0.486. The lowest BCUT2D eigenvalue weighted by Gasteiger charge is -2.14. The molecule has 3 aromatic carbocycles. The van der Waals surface area contributed by atoms with Crippen molar-refractivity contribution in [2.24, 2.45) is 0 Å². The first kappa shape index (κ1) is 17.8. The van der Waals surface area contributed by atoms with Gasteiger partial charge in [-0.2, -0.15) is 0 Å². The second-order valence-electron chi connectivity index (χ2n) is 5.89. The second-order valence-corrected chi connectivity index (χ2v) is 7.25. The molecule has 0 aliphatic rings. The van der Waals surface area contributed by atoms with Crippen LogP contribution in [0.25, 0.3) is 0 Å². The van der Waals surface area contributed by atoms with Crippen molar-refractivity contribution in [3.63, 3.8) is 0 Å². The number of halogens is 2. The van der Waals surface area contributed by atoms with Gasteiger partial charge < -0.3 is 10.1 Å². The molecule has 0 radical (unpaired) electrons. The van der Waals surface area contributed by atoms with Gasteiger partial charge in [-0.05, 0) is 60.5 Å². The Balaban J connectivity index is 1.71. The zero-order valence-electron chi connectivity index (χ0n) is 13.9. The van der Waals surface area contributed by atoms with E-state index in [0.717, 1.165) is 32.1 Å². The highest BCUT2D eigenvalue weighted by atomic mass is 79.9. The Kier molecular flexibility index (Phi) is 6.00. The Bertz CT molecular complexity index is 866. The smallest absolute Gasteiger partial charge is 0.124 e. The molecule has 0 saturated carbocycles. The van der Waals surface area contributed by atoms with E-state index < -0.39 is 0 Å². The Morgan fingerprint density at radius 1 is 1.00 bits per heavy atom. The molecule has 0 atom stereocenters. The van der Waals surface area contributed by atoms with Gasteiger partial charge in [-0.15, -0.1) is 0 Å². The van der Waals surface area contributed by atoms with Crippen LogP contribution in [0.2, 0.25) is 5.02 Å². The minimum Gasteiger partial charge on any atom is -0.489 e. The molecule has 0 heterocycles. The SMILES string of the molecule is Cc1cccc(NCc2cc(Br)ccc2OCc2cccc(Cl)c2)c1. The highest BCUT2D eigenvalue weighted by molar-refractivity contribution is 9.10. The molecule has 0 aromatic heterocycles. The predicted octanol–water partition coefficient (Wildman–Crippen LogP) is 6.60. The molecule has 128 valence electrons. The van der Waals surface area contributed by atoms with Crippen LogP contribution in [0.1, 0.15) is 16.7 Å². The van der Waals surface area contributed by atoms with Crippen LogP contribution >= 0.6 is 27.5 Å². The lowest BCUT2D eigenvalue weighted by molar-refractivity contribution is 0.303. The molecule has 25 heavy (non-hydrogen) atoms. The maximum Gasteiger partial charge on any atom is 0.124 e. The fourth-order valence-corrected chi connectivity index (χ4v) is 3.19. The van der Waals surface area contributed by atoms with Crippen LogP contribution in [0.15, 0.2) is 71.2 Å². The average molecular weight is 417 g/mol. The highest BCUT2D eigenvalue weighted by Gasteiger charge is 2.06. The number of hydrogen-bond donors (Lipinski definition) is 1. The van der Waals surface area contributed by atoms with Gasteiger partial charge in [0.2, 0.25) is 0 Å². The molecular weight excluding hydrogens is 398 g/mol. The summed E-state index contributed by atoms with van der Waals surface area (Å²) < 4.78 is 7.06. The van der Waals surface area contributed by atoms with Gasteiger partial charge in [-0.1, -0.05) is 51.8 Å². The van der Waals surface area contributed by atoms with Crippen molar-refractivity contribution in [3.8, 4) is 5.75 Å². The number of aryl methyl sites for hydroxylation is 1. The molecule has 0 fully saturated rings. The van der Waals surface area contributed by atoms with E-state index in [1.54, 1.807) is 0 Å². The van der Waals surface area contributed by atoms with Crippen LogP contribution in [-0.4, -0.2) is 0 Å². The Labute approximate surface area is 161 Å². The first-order chi connectivity index (χ1) is 12.1. The van der Waals surface area contributed by atoms with Gasteiger partial charge in [-0.25, -0.2) is 0 Å². The van der Waals surface area contributed by atoms with Crippen molar-refractivity contribution in [1.82, 2.24) is 0 Å². The zero-order valence-corrected chi connectivity index (χ0v) is 16.3. The lowest BCUT2D eigenvalue weighted by Crippen LogP contribution is -2.04. The first-order valence-electron chi connectivity index (χ1n) is 8.06. The normalized spacial score (nSPS) is 10.5. The lowest BCUT2D eigenvalue weighted by atomic mass is 10.1. The molecule has 0 spiro atoms. The molecule has 4 heteroatoms. The van der Waals surface area contributed by atoms with Crippen molar-refractivity contribution in [2.75, 3.05) is 5.32 Å². The van der Waals surface area contributed by atoms with Crippen LogP contribution in [0.5, 0.6) is 5.75 Å². The summed E-state index contributed by atoms with van der Waals surface area (Å²) >= 11 is 9.58. The summed E-state index contributed by atoms with van der Waals surface area (Å²) in [6.45, 7) is 3.26. The number of anilines is 1. The fraction of sp³-hybridized carbons (Fsp3) is 0.143. The second kappa shape index (κ2) is 8.41. The largest absolute Gasteiger partial charge is 0.489 e. The van der Waals surface area contributed by atoms with Gasteiger partial charge in [-0.3, -0.25) is 0 Å².